The number of hydrogen-bond donors (Lipinski definition) is 1. The summed E-state index contributed by atoms with van der Waals surface area (Å²) in [5.41, 5.74) is -1.50. The van der Waals surface area contributed by atoms with E-state index >= 15 is 0 Å². The molecular weight excluding hydrogens is 390 g/mol. The lowest BCUT2D eigenvalue weighted by molar-refractivity contribution is -0.385. The van der Waals surface area contributed by atoms with Crippen molar-refractivity contribution in [3.63, 3.8) is 0 Å². The topological polar surface area (TPSA) is 116 Å². The van der Waals surface area contributed by atoms with Crippen molar-refractivity contribution in [2.45, 2.75) is 40.2 Å². The highest BCUT2D eigenvalue weighted by molar-refractivity contribution is 5.93. The Bertz CT molecular complexity index is 974. The van der Waals surface area contributed by atoms with Gasteiger partial charge in [0, 0.05) is 11.6 Å². The number of carbonyl (C=O) groups excluding carboxylic acids is 1. The van der Waals surface area contributed by atoms with Crippen LogP contribution in [0.3, 0.4) is 0 Å². The summed E-state index contributed by atoms with van der Waals surface area (Å²) < 4.78 is 11.3. The highest BCUT2D eigenvalue weighted by atomic mass is 16.6. The zero-order valence-electron chi connectivity index (χ0n) is 17.6. The summed E-state index contributed by atoms with van der Waals surface area (Å²) in [7, 11) is 0. The summed E-state index contributed by atoms with van der Waals surface area (Å²) in [4.78, 5) is 34.3. The van der Waals surface area contributed by atoms with Crippen molar-refractivity contribution in [3.8, 4) is 16.9 Å². The summed E-state index contributed by atoms with van der Waals surface area (Å²) in [6, 6.07) is 10.7. The van der Waals surface area contributed by atoms with Gasteiger partial charge in [-0.15, -0.1) is 0 Å². The van der Waals surface area contributed by atoms with Gasteiger partial charge in [-0.3, -0.25) is 14.9 Å². The first kappa shape index (κ1) is 22.9. The van der Waals surface area contributed by atoms with Crippen LogP contribution in [-0.2, 0) is 9.53 Å². The third-order valence-electron chi connectivity index (χ3n) is 4.16. The van der Waals surface area contributed by atoms with Crippen molar-refractivity contribution >= 4 is 17.6 Å². The highest BCUT2D eigenvalue weighted by Crippen LogP contribution is 2.34. The van der Waals surface area contributed by atoms with E-state index in [1.165, 1.54) is 18.2 Å². The number of carbonyl (C=O) groups is 2. The molecule has 0 saturated heterocycles. The second-order valence-corrected chi connectivity index (χ2v) is 8.46. The number of ether oxygens (including phenoxy) is 2. The summed E-state index contributed by atoms with van der Waals surface area (Å²) in [6.45, 7) is 8.78. The first-order valence-corrected chi connectivity index (χ1v) is 9.29. The van der Waals surface area contributed by atoms with Crippen molar-refractivity contribution in [2.75, 3.05) is 6.61 Å². The van der Waals surface area contributed by atoms with Gasteiger partial charge in [0.05, 0.1) is 10.3 Å². The standard InChI is InChI=1S/C22H25NO7/c1-21(2,3)30-20(26)22(4,5)13-29-18-9-7-6-8-15(18)14-10-11-16(19(24)25)17(12-14)23(27)28/h6-12H,13H2,1-5H3,(H,24,25). The molecule has 2 aromatic rings. The van der Waals surface area contributed by atoms with E-state index in [-0.39, 0.29) is 6.61 Å². The first-order chi connectivity index (χ1) is 13.8. The monoisotopic (exact) mass is 415 g/mol. The quantitative estimate of drug-likeness (QED) is 0.395. The Morgan fingerprint density at radius 1 is 1.07 bits per heavy atom. The highest BCUT2D eigenvalue weighted by Gasteiger charge is 2.34. The molecule has 0 fully saturated rings. The van der Waals surface area contributed by atoms with Crippen LogP contribution in [0.2, 0.25) is 0 Å². The van der Waals surface area contributed by atoms with Gasteiger partial charge in [-0.05, 0) is 52.3 Å². The molecular formula is C22H25NO7. The van der Waals surface area contributed by atoms with E-state index < -0.39 is 39.1 Å². The number of benzene rings is 2. The van der Waals surface area contributed by atoms with E-state index in [9.17, 15) is 19.7 Å². The second kappa shape index (κ2) is 8.52. The average molecular weight is 415 g/mol. The molecule has 0 aromatic heterocycles. The molecule has 0 bridgehead atoms. The maximum atomic E-state index is 12.4. The Balaban J connectivity index is 2.33. The van der Waals surface area contributed by atoms with Gasteiger partial charge in [0.2, 0.25) is 0 Å². The lowest BCUT2D eigenvalue weighted by atomic mass is 9.94. The van der Waals surface area contributed by atoms with E-state index in [1.54, 1.807) is 58.9 Å². The second-order valence-electron chi connectivity index (χ2n) is 8.46. The number of para-hydroxylation sites is 1. The van der Waals surface area contributed by atoms with Gasteiger partial charge in [0.25, 0.3) is 5.69 Å². The third kappa shape index (κ3) is 5.56. The van der Waals surface area contributed by atoms with Crippen LogP contribution in [0.1, 0.15) is 45.0 Å². The van der Waals surface area contributed by atoms with Crippen LogP contribution in [0.4, 0.5) is 5.69 Å². The van der Waals surface area contributed by atoms with E-state index in [1.807, 2.05) is 0 Å². The fourth-order valence-corrected chi connectivity index (χ4v) is 2.60. The number of esters is 1. The maximum Gasteiger partial charge on any atom is 0.342 e. The summed E-state index contributed by atoms with van der Waals surface area (Å²) in [5.74, 6) is -1.38. The van der Waals surface area contributed by atoms with Gasteiger partial charge in [0.1, 0.15) is 23.5 Å². The number of nitro groups is 1. The van der Waals surface area contributed by atoms with Gasteiger partial charge in [0.15, 0.2) is 0 Å². The van der Waals surface area contributed by atoms with Crippen LogP contribution in [0.15, 0.2) is 42.5 Å². The molecule has 8 nitrogen and oxygen atoms in total. The lowest BCUT2D eigenvalue weighted by Crippen LogP contribution is -2.37. The summed E-state index contributed by atoms with van der Waals surface area (Å²) in [5, 5.41) is 20.5. The molecule has 0 amide bonds. The van der Waals surface area contributed by atoms with E-state index in [0.29, 0.717) is 16.9 Å². The van der Waals surface area contributed by atoms with Crippen molar-refractivity contribution < 1.29 is 29.1 Å². The van der Waals surface area contributed by atoms with Gasteiger partial charge in [-0.2, -0.15) is 0 Å². The number of rotatable bonds is 7. The van der Waals surface area contributed by atoms with Gasteiger partial charge in [-0.1, -0.05) is 24.3 Å². The molecule has 0 atom stereocenters. The minimum Gasteiger partial charge on any atom is -0.492 e. The lowest BCUT2D eigenvalue weighted by Gasteiger charge is -2.28. The molecule has 2 rings (SSSR count). The van der Waals surface area contributed by atoms with E-state index in [4.69, 9.17) is 14.6 Å². The van der Waals surface area contributed by atoms with Crippen LogP contribution in [0.5, 0.6) is 5.75 Å². The zero-order valence-corrected chi connectivity index (χ0v) is 17.6. The van der Waals surface area contributed by atoms with Gasteiger partial charge < -0.3 is 14.6 Å². The van der Waals surface area contributed by atoms with Gasteiger partial charge in [-0.25, -0.2) is 4.79 Å². The molecule has 0 saturated carbocycles. The molecule has 1 N–H and O–H groups in total. The minimum absolute atomic E-state index is 0.0221. The van der Waals surface area contributed by atoms with E-state index in [2.05, 4.69) is 0 Å². The van der Waals surface area contributed by atoms with Crippen molar-refractivity contribution in [3.05, 3.63) is 58.1 Å². The molecule has 0 heterocycles. The van der Waals surface area contributed by atoms with Crippen LogP contribution in [-0.4, -0.2) is 34.2 Å². The zero-order chi connectivity index (χ0) is 22.7. The third-order valence-corrected chi connectivity index (χ3v) is 4.16. The predicted molar refractivity (Wildman–Crippen MR) is 111 cm³/mol. The molecule has 8 heteroatoms. The number of nitrogens with zero attached hydrogens (tertiary/aromatic N) is 1. The average Bonchev–Trinajstić information content (AvgIpc) is 2.64. The van der Waals surface area contributed by atoms with Crippen LogP contribution in [0.25, 0.3) is 11.1 Å². The number of hydrogen-bond acceptors (Lipinski definition) is 6. The molecule has 0 radical (unpaired) electrons. The fraction of sp³-hybridized carbons (Fsp3) is 0.364. The fourth-order valence-electron chi connectivity index (χ4n) is 2.60. The Kier molecular flexibility index (Phi) is 6.50. The Morgan fingerprint density at radius 2 is 1.70 bits per heavy atom. The van der Waals surface area contributed by atoms with E-state index in [0.717, 1.165) is 0 Å². The molecule has 0 aliphatic rings. The molecule has 160 valence electrons. The Hall–Kier alpha value is -3.42. The van der Waals surface area contributed by atoms with Crippen molar-refractivity contribution in [2.24, 2.45) is 5.41 Å². The van der Waals surface area contributed by atoms with Crippen molar-refractivity contribution in [1.29, 1.82) is 0 Å². The maximum absolute atomic E-state index is 12.4. The number of aromatic carboxylic acids is 1. The minimum atomic E-state index is -1.38. The number of carboxylic acid groups (broad SMARTS) is 1. The summed E-state index contributed by atoms with van der Waals surface area (Å²) in [6.07, 6.45) is 0. The molecule has 30 heavy (non-hydrogen) atoms. The molecule has 0 unspecified atom stereocenters. The van der Waals surface area contributed by atoms with Crippen LogP contribution in [0, 0.1) is 15.5 Å². The molecule has 0 spiro atoms. The van der Waals surface area contributed by atoms with Gasteiger partial charge >= 0.3 is 11.9 Å². The molecule has 0 aliphatic heterocycles. The first-order valence-electron chi connectivity index (χ1n) is 9.29. The van der Waals surface area contributed by atoms with Crippen molar-refractivity contribution in [1.82, 2.24) is 0 Å². The Morgan fingerprint density at radius 3 is 2.27 bits per heavy atom. The smallest absolute Gasteiger partial charge is 0.342 e. The SMILES string of the molecule is CC(C)(C)OC(=O)C(C)(C)COc1ccccc1-c1ccc(C(=O)O)c([N+](=O)[O-])c1. The predicted octanol–water partition coefficient (Wildman–Crippen LogP) is 4.71. The largest absolute Gasteiger partial charge is 0.492 e. The number of carboxylic acids is 1. The van der Waals surface area contributed by atoms with Crippen LogP contribution >= 0.6 is 0 Å². The van der Waals surface area contributed by atoms with Crippen LogP contribution < -0.4 is 4.74 Å². The normalized spacial score (nSPS) is 11.6. The number of nitro benzene ring substituents is 1. The molecule has 2 aromatic carbocycles. The summed E-state index contributed by atoms with van der Waals surface area (Å²) >= 11 is 0. The molecule has 0 aliphatic carbocycles. The Labute approximate surface area is 174 Å².